The van der Waals surface area contributed by atoms with Crippen molar-refractivity contribution in [3.8, 4) is 0 Å². The molecule has 0 unspecified atom stereocenters. The van der Waals surface area contributed by atoms with Crippen molar-refractivity contribution in [2.75, 3.05) is 25.6 Å². The van der Waals surface area contributed by atoms with Gasteiger partial charge in [0, 0.05) is 36.4 Å². The van der Waals surface area contributed by atoms with Crippen LogP contribution >= 0.6 is 0 Å². The van der Waals surface area contributed by atoms with Crippen LogP contribution in [0.5, 0.6) is 0 Å². The van der Waals surface area contributed by atoms with Crippen LogP contribution in [0.2, 0.25) is 0 Å². The number of methoxy groups -OCH3 is 1. The summed E-state index contributed by atoms with van der Waals surface area (Å²) in [4.78, 5) is 15.9. The summed E-state index contributed by atoms with van der Waals surface area (Å²) in [5.74, 6) is -0.854. The van der Waals surface area contributed by atoms with Crippen LogP contribution in [0.3, 0.4) is 0 Å². The monoisotopic (exact) mass is 488 g/mol. The molecule has 4 atom stereocenters. The van der Waals surface area contributed by atoms with Gasteiger partial charge in [0.25, 0.3) is 0 Å². The van der Waals surface area contributed by atoms with E-state index in [0.29, 0.717) is 13.0 Å². The van der Waals surface area contributed by atoms with E-state index in [1.54, 1.807) is 0 Å². The average Bonchev–Trinajstić information content (AvgIpc) is 3.54. The number of esters is 1. The van der Waals surface area contributed by atoms with Crippen molar-refractivity contribution in [2.24, 2.45) is 5.92 Å². The fourth-order valence-corrected chi connectivity index (χ4v) is 7.46. The number of likely N-dealkylation sites (tertiary alicyclic amines) is 1. The first-order chi connectivity index (χ1) is 17.3. The minimum Gasteiger partial charge on any atom is -0.466 e. The third kappa shape index (κ3) is 3.38. The fraction of sp³-hybridized carbons (Fsp3) is 0.500. The van der Waals surface area contributed by atoms with E-state index in [4.69, 9.17) is 14.2 Å². The van der Waals surface area contributed by atoms with Gasteiger partial charge in [-0.3, -0.25) is 4.90 Å². The molecule has 2 aromatic carbocycles. The Labute approximate surface area is 213 Å². The summed E-state index contributed by atoms with van der Waals surface area (Å²) in [6.45, 7) is 8.49. The highest BCUT2D eigenvalue weighted by molar-refractivity contribution is 5.93. The minimum atomic E-state index is -0.659. The Morgan fingerprint density at radius 1 is 1.14 bits per heavy atom. The molecule has 0 amide bonds. The molecule has 2 saturated heterocycles. The van der Waals surface area contributed by atoms with Gasteiger partial charge in [-0.2, -0.15) is 0 Å². The van der Waals surface area contributed by atoms with Gasteiger partial charge in [0.1, 0.15) is 0 Å². The molecule has 1 N–H and O–H groups in total. The number of hydrogen-bond acceptors (Lipinski definition) is 6. The molecule has 0 saturated carbocycles. The van der Waals surface area contributed by atoms with Crippen LogP contribution in [0.25, 0.3) is 0 Å². The molecular formula is C30H36N2O4. The Hall–Kier alpha value is -2.67. The third-order valence-corrected chi connectivity index (χ3v) is 8.96. The van der Waals surface area contributed by atoms with E-state index in [-0.39, 0.29) is 23.3 Å². The van der Waals surface area contributed by atoms with Gasteiger partial charge in [0.15, 0.2) is 5.79 Å². The highest BCUT2D eigenvalue weighted by atomic mass is 16.8. The van der Waals surface area contributed by atoms with Gasteiger partial charge in [-0.05, 0) is 50.3 Å². The standard InChI is InChI=1S/C30H36N2O4/c1-5-29(19-35-28(2,3)36-29)23-17-21(27(33)34-4)25-30(22-13-9-10-14-24(22)31-25)15-16-32(26(23)30)18-20-11-7-6-8-12-20/h6-14,23,26,31H,5,15-19H2,1-4H3/t23-,26-,29+,30-/m0/s1. The maximum absolute atomic E-state index is 13.3. The van der Waals surface area contributed by atoms with E-state index in [9.17, 15) is 4.79 Å². The second-order valence-corrected chi connectivity index (χ2v) is 11.2. The second-order valence-electron chi connectivity index (χ2n) is 11.2. The summed E-state index contributed by atoms with van der Waals surface area (Å²) in [5, 5.41) is 3.69. The Bertz CT molecular complexity index is 1210. The highest BCUT2D eigenvalue weighted by Gasteiger charge is 2.66. The first-order valence-corrected chi connectivity index (χ1v) is 13.1. The number of hydrogen-bond donors (Lipinski definition) is 1. The molecule has 2 fully saturated rings. The fourth-order valence-electron chi connectivity index (χ4n) is 7.46. The minimum absolute atomic E-state index is 0.0568. The lowest BCUT2D eigenvalue weighted by atomic mass is 9.59. The molecule has 2 aromatic rings. The summed E-state index contributed by atoms with van der Waals surface area (Å²) in [6, 6.07) is 19.4. The number of carbonyl (C=O) groups is 1. The summed E-state index contributed by atoms with van der Waals surface area (Å²) < 4.78 is 18.4. The van der Waals surface area contributed by atoms with E-state index in [1.165, 1.54) is 18.2 Å². The quantitative estimate of drug-likeness (QED) is 0.598. The molecule has 1 spiro atoms. The molecule has 6 nitrogen and oxygen atoms in total. The third-order valence-electron chi connectivity index (χ3n) is 8.96. The van der Waals surface area contributed by atoms with Crippen molar-refractivity contribution in [1.82, 2.24) is 4.90 Å². The number of fused-ring (bicyclic) bond motifs is 1. The van der Waals surface area contributed by atoms with Gasteiger partial charge in [-0.1, -0.05) is 55.5 Å². The van der Waals surface area contributed by atoms with Crippen LogP contribution in [0.4, 0.5) is 5.69 Å². The van der Waals surface area contributed by atoms with Gasteiger partial charge >= 0.3 is 5.97 Å². The maximum Gasteiger partial charge on any atom is 0.335 e. The van der Waals surface area contributed by atoms with E-state index < -0.39 is 11.4 Å². The number of anilines is 1. The van der Waals surface area contributed by atoms with Gasteiger partial charge in [-0.15, -0.1) is 0 Å². The summed E-state index contributed by atoms with van der Waals surface area (Å²) >= 11 is 0. The van der Waals surface area contributed by atoms with E-state index in [1.807, 2.05) is 13.8 Å². The van der Waals surface area contributed by atoms with Gasteiger partial charge in [-0.25, -0.2) is 4.79 Å². The molecular weight excluding hydrogens is 452 g/mol. The smallest absolute Gasteiger partial charge is 0.335 e. The largest absolute Gasteiger partial charge is 0.466 e. The van der Waals surface area contributed by atoms with Crippen LogP contribution in [0.1, 0.15) is 51.2 Å². The molecule has 36 heavy (non-hydrogen) atoms. The van der Waals surface area contributed by atoms with Crippen molar-refractivity contribution in [2.45, 2.75) is 69.4 Å². The van der Waals surface area contributed by atoms with Gasteiger partial charge < -0.3 is 19.5 Å². The Kier molecular flexibility index (Phi) is 5.56. The zero-order valence-electron chi connectivity index (χ0n) is 21.7. The van der Waals surface area contributed by atoms with Crippen molar-refractivity contribution in [3.05, 3.63) is 77.0 Å². The van der Waals surface area contributed by atoms with Crippen molar-refractivity contribution in [1.29, 1.82) is 0 Å². The topological polar surface area (TPSA) is 60.0 Å². The predicted molar refractivity (Wildman–Crippen MR) is 138 cm³/mol. The molecule has 0 radical (unpaired) electrons. The summed E-state index contributed by atoms with van der Waals surface area (Å²) in [6.07, 6.45) is 2.34. The molecule has 1 aliphatic carbocycles. The average molecular weight is 489 g/mol. The summed E-state index contributed by atoms with van der Waals surface area (Å²) in [5.41, 5.74) is 4.62. The van der Waals surface area contributed by atoms with Crippen LogP contribution in [0, 0.1) is 5.92 Å². The molecule has 6 heteroatoms. The first kappa shape index (κ1) is 23.7. The van der Waals surface area contributed by atoms with Crippen molar-refractivity contribution < 1.29 is 19.0 Å². The normalized spacial score (nSPS) is 32.6. The molecule has 3 aliphatic heterocycles. The molecule has 4 aliphatic rings. The van der Waals surface area contributed by atoms with Crippen LogP contribution < -0.4 is 5.32 Å². The Morgan fingerprint density at radius 3 is 2.58 bits per heavy atom. The highest BCUT2D eigenvalue weighted by Crippen LogP contribution is 2.62. The summed E-state index contributed by atoms with van der Waals surface area (Å²) in [7, 11) is 1.48. The molecule has 0 aromatic heterocycles. The SMILES string of the molecule is CC[C@]1([C@H]2CC(C(=O)OC)=C3Nc4ccccc4[C@@]34CCN(Cc3ccccc3)[C@@H]24)COC(C)(C)O1. The van der Waals surface area contributed by atoms with Crippen LogP contribution in [-0.4, -0.2) is 48.6 Å². The molecule has 3 heterocycles. The van der Waals surface area contributed by atoms with E-state index >= 15 is 0 Å². The first-order valence-electron chi connectivity index (χ1n) is 13.1. The maximum atomic E-state index is 13.3. The Balaban J connectivity index is 1.55. The van der Waals surface area contributed by atoms with E-state index in [2.05, 4.69) is 71.7 Å². The molecule has 6 rings (SSSR count). The lowest BCUT2D eigenvalue weighted by molar-refractivity contribution is -0.182. The second kappa shape index (κ2) is 8.44. The van der Waals surface area contributed by atoms with Crippen LogP contribution in [0.15, 0.2) is 65.9 Å². The number of rotatable bonds is 5. The number of nitrogens with one attached hydrogen (secondary N) is 1. The number of para-hydroxylation sites is 1. The molecule has 190 valence electrons. The predicted octanol–water partition coefficient (Wildman–Crippen LogP) is 5.00. The number of nitrogens with zero attached hydrogens (tertiary/aromatic N) is 1. The van der Waals surface area contributed by atoms with E-state index in [0.717, 1.165) is 42.9 Å². The lowest BCUT2D eigenvalue weighted by Crippen LogP contribution is -2.59. The number of carbonyl (C=O) groups excluding carboxylic acids is 1. The Morgan fingerprint density at radius 2 is 1.89 bits per heavy atom. The van der Waals surface area contributed by atoms with Crippen molar-refractivity contribution in [3.63, 3.8) is 0 Å². The van der Waals surface area contributed by atoms with Gasteiger partial charge in [0.2, 0.25) is 0 Å². The molecule has 0 bridgehead atoms. The number of ether oxygens (including phenoxy) is 3. The number of benzene rings is 2. The zero-order chi connectivity index (χ0) is 25.1. The van der Waals surface area contributed by atoms with Crippen molar-refractivity contribution >= 4 is 11.7 Å². The lowest BCUT2D eigenvalue weighted by Gasteiger charge is -2.51. The van der Waals surface area contributed by atoms with Gasteiger partial charge in [0.05, 0.1) is 30.3 Å². The van der Waals surface area contributed by atoms with Crippen LogP contribution in [-0.2, 0) is 31.0 Å². The zero-order valence-corrected chi connectivity index (χ0v) is 21.7.